The fraction of sp³-hybridized carbons (Fsp3) is 0.0667. The van der Waals surface area contributed by atoms with Crippen molar-refractivity contribution in [3.8, 4) is 9.88 Å². The van der Waals surface area contributed by atoms with Crippen molar-refractivity contribution in [1.82, 2.24) is 4.98 Å². The molecule has 118 valence electrons. The van der Waals surface area contributed by atoms with Gasteiger partial charge in [0.2, 0.25) is 0 Å². The van der Waals surface area contributed by atoms with Gasteiger partial charge < -0.3 is 5.32 Å². The van der Waals surface area contributed by atoms with E-state index >= 15 is 0 Å². The average Bonchev–Trinajstić information content (AvgIpc) is 3.19. The molecule has 0 unspecified atom stereocenters. The van der Waals surface area contributed by atoms with Gasteiger partial charge in [-0.2, -0.15) is 8.78 Å². The maximum atomic E-state index is 12.6. The fourth-order valence-electron chi connectivity index (χ4n) is 1.85. The molecule has 0 radical (unpaired) electrons. The van der Waals surface area contributed by atoms with Crippen LogP contribution in [0.15, 0.2) is 52.1 Å². The molecule has 1 aromatic carbocycles. The van der Waals surface area contributed by atoms with E-state index in [2.05, 4.69) is 10.3 Å². The van der Waals surface area contributed by atoms with Crippen LogP contribution >= 0.6 is 34.4 Å². The van der Waals surface area contributed by atoms with E-state index in [9.17, 15) is 13.6 Å². The zero-order valence-electron chi connectivity index (χ0n) is 11.5. The number of alkyl halides is 2. The van der Waals surface area contributed by atoms with Crippen molar-refractivity contribution in [3.05, 3.63) is 52.9 Å². The lowest BCUT2D eigenvalue weighted by atomic mass is 10.3. The van der Waals surface area contributed by atoms with Gasteiger partial charge in [-0.15, -0.1) is 22.7 Å². The molecule has 0 bridgehead atoms. The monoisotopic (exact) mass is 368 g/mol. The first-order chi connectivity index (χ1) is 11.1. The van der Waals surface area contributed by atoms with Gasteiger partial charge >= 0.3 is 0 Å². The highest BCUT2D eigenvalue weighted by molar-refractivity contribution is 7.99. The second kappa shape index (κ2) is 7.20. The van der Waals surface area contributed by atoms with Crippen LogP contribution < -0.4 is 5.32 Å². The normalized spacial score (nSPS) is 10.9. The minimum Gasteiger partial charge on any atom is -0.320 e. The SMILES string of the molecule is O=C(Nc1ccccc1SC(F)F)c1csc(-c2cccs2)n1. The molecule has 0 aliphatic rings. The van der Waals surface area contributed by atoms with Crippen LogP contribution in [0.5, 0.6) is 0 Å². The number of aromatic nitrogens is 1. The van der Waals surface area contributed by atoms with E-state index in [0.29, 0.717) is 22.3 Å². The number of anilines is 1. The van der Waals surface area contributed by atoms with Gasteiger partial charge in [-0.25, -0.2) is 4.98 Å². The second-order valence-corrected chi connectivity index (χ2v) is 7.18. The quantitative estimate of drug-likeness (QED) is 0.610. The van der Waals surface area contributed by atoms with Crippen LogP contribution in [0.1, 0.15) is 10.5 Å². The number of thiophene rings is 1. The van der Waals surface area contributed by atoms with Crippen molar-refractivity contribution < 1.29 is 13.6 Å². The molecule has 0 fully saturated rings. The molecule has 0 saturated carbocycles. The van der Waals surface area contributed by atoms with E-state index in [1.807, 2.05) is 17.5 Å². The summed E-state index contributed by atoms with van der Waals surface area (Å²) >= 11 is 3.32. The Morgan fingerprint density at radius 1 is 1.17 bits per heavy atom. The number of nitrogens with zero attached hydrogens (tertiary/aromatic N) is 1. The lowest BCUT2D eigenvalue weighted by Gasteiger charge is -2.09. The zero-order chi connectivity index (χ0) is 16.2. The highest BCUT2D eigenvalue weighted by Crippen LogP contribution is 2.32. The molecule has 0 spiro atoms. The van der Waals surface area contributed by atoms with E-state index in [0.717, 1.165) is 9.88 Å². The summed E-state index contributed by atoms with van der Waals surface area (Å²) in [5, 5.41) is 7.01. The predicted octanol–water partition coefficient (Wildman–Crippen LogP) is 5.44. The van der Waals surface area contributed by atoms with Crippen LogP contribution in [0.4, 0.5) is 14.5 Å². The van der Waals surface area contributed by atoms with Crippen molar-refractivity contribution in [2.75, 3.05) is 5.32 Å². The maximum absolute atomic E-state index is 12.6. The lowest BCUT2D eigenvalue weighted by Crippen LogP contribution is -2.13. The summed E-state index contributed by atoms with van der Waals surface area (Å²) in [4.78, 5) is 17.9. The van der Waals surface area contributed by atoms with Crippen LogP contribution in [0.2, 0.25) is 0 Å². The number of hydrogen-bond acceptors (Lipinski definition) is 5. The number of carbonyl (C=O) groups is 1. The van der Waals surface area contributed by atoms with Crippen LogP contribution in [-0.2, 0) is 0 Å². The first-order valence-electron chi connectivity index (χ1n) is 6.48. The van der Waals surface area contributed by atoms with E-state index < -0.39 is 11.7 Å². The summed E-state index contributed by atoms with van der Waals surface area (Å²) in [6, 6.07) is 10.3. The summed E-state index contributed by atoms with van der Waals surface area (Å²) in [5.74, 6) is -2.95. The molecular weight excluding hydrogens is 358 g/mol. The number of rotatable bonds is 5. The molecule has 1 N–H and O–H groups in total. The average molecular weight is 368 g/mol. The molecule has 3 aromatic rings. The lowest BCUT2D eigenvalue weighted by molar-refractivity contribution is 0.102. The Hall–Kier alpha value is -1.77. The van der Waals surface area contributed by atoms with E-state index in [-0.39, 0.29) is 5.69 Å². The molecule has 0 aliphatic carbocycles. The molecular formula is C15H10F2N2OS3. The number of thiazole rings is 1. The van der Waals surface area contributed by atoms with Gasteiger partial charge in [-0.3, -0.25) is 4.79 Å². The number of halogens is 2. The topological polar surface area (TPSA) is 42.0 Å². The molecule has 1 amide bonds. The number of nitrogens with one attached hydrogen (secondary N) is 1. The van der Waals surface area contributed by atoms with Crippen LogP contribution in [0, 0.1) is 0 Å². The van der Waals surface area contributed by atoms with E-state index in [1.165, 1.54) is 11.3 Å². The highest BCUT2D eigenvalue weighted by Gasteiger charge is 2.15. The third-order valence-electron chi connectivity index (χ3n) is 2.82. The standard InChI is InChI=1S/C15H10F2N2OS3/c16-15(17)23-11-5-2-1-4-9(11)18-13(20)10-8-22-14(19-10)12-6-3-7-21-12/h1-8,15H,(H,18,20). The Morgan fingerprint density at radius 3 is 2.74 bits per heavy atom. The van der Waals surface area contributed by atoms with Crippen LogP contribution in [0.3, 0.4) is 0 Å². The van der Waals surface area contributed by atoms with Crippen molar-refractivity contribution in [2.24, 2.45) is 0 Å². The summed E-state index contributed by atoms with van der Waals surface area (Å²) in [6.45, 7) is 0. The van der Waals surface area contributed by atoms with Gasteiger partial charge in [-0.05, 0) is 23.6 Å². The Balaban J connectivity index is 1.77. The largest absolute Gasteiger partial charge is 0.320 e. The second-order valence-electron chi connectivity index (χ2n) is 4.34. The first kappa shape index (κ1) is 16.1. The summed E-state index contributed by atoms with van der Waals surface area (Å²) in [7, 11) is 0. The molecule has 0 saturated heterocycles. The Bertz CT molecular complexity index is 803. The molecule has 2 aromatic heterocycles. The summed E-state index contributed by atoms with van der Waals surface area (Å²) in [6.07, 6.45) is 0. The van der Waals surface area contributed by atoms with Crippen LogP contribution in [0.25, 0.3) is 9.88 Å². The number of hydrogen-bond donors (Lipinski definition) is 1. The number of benzene rings is 1. The third kappa shape index (κ3) is 3.95. The molecule has 23 heavy (non-hydrogen) atoms. The molecule has 8 heteroatoms. The van der Waals surface area contributed by atoms with Crippen molar-refractivity contribution in [3.63, 3.8) is 0 Å². The van der Waals surface area contributed by atoms with Crippen molar-refractivity contribution in [1.29, 1.82) is 0 Å². The molecule has 3 nitrogen and oxygen atoms in total. The van der Waals surface area contributed by atoms with Crippen molar-refractivity contribution >= 4 is 46.0 Å². The Kier molecular flexibility index (Phi) is 5.04. The van der Waals surface area contributed by atoms with Gasteiger partial charge in [0.1, 0.15) is 10.7 Å². The van der Waals surface area contributed by atoms with Gasteiger partial charge in [0.15, 0.2) is 0 Å². The minimum absolute atomic E-state index is 0.273. The van der Waals surface area contributed by atoms with Gasteiger partial charge in [0.25, 0.3) is 11.7 Å². The summed E-state index contributed by atoms with van der Waals surface area (Å²) in [5.41, 5.74) is 0.628. The minimum atomic E-state index is -2.54. The predicted molar refractivity (Wildman–Crippen MR) is 91.7 cm³/mol. The number of thioether (sulfide) groups is 1. The molecule has 0 aliphatic heterocycles. The molecule has 0 atom stereocenters. The van der Waals surface area contributed by atoms with E-state index in [1.54, 1.807) is 41.0 Å². The fourth-order valence-corrected chi connectivity index (χ4v) is 4.06. The number of amides is 1. The number of para-hydroxylation sites is 1. The first-order valence-corrected chi connectivity index (χ1v) is 9.12. The van der Waals surface area contributed by atoms with Gasteiger partial charge in [0, 0.05) is 10.3 Å². The Labute approximate surface area is 143 Å². The third-order valence-corrected chi connectivity index (χ3v) is 5.49. The number of carbonyl (C=O) groups excluding carboxylic acids is 1. The summed E-state index contributed by atoms with van der Waals surface area (Å²) < 4.78 is 25.1. The smallest absolute Gasteiger partial charge is 0.288 e. The zero-order valence-corrected chi connectivity index (χ0v) is 14.0. The van der Waals surface area contributed by atoms with Crippen LogP contribution in [-0.4, -0.2) is 16.6 Å². The maximum Gasteiger partial charge on any atom is 0.288 e. The molecule has 2 heterocycles. The van der Waals surface area contributed by atoms with Crippen molar-refractivity contribution in [2.45, 2.75) is 10.7 Å². The van der Waals surface area contributed by atoms with E-state index in [4.69, 9.17) is 0 Å². The molecule has 3 rings (SSSR count). The van der Waals surface area contributed by atoms with Gasteiger partial charge in [0.05, 0.1) is 10.6 Å². The van der Waals surface area contributed by atoms with Gasteiger partial charge in [-0.1, -0.05) is 30.0 Å². The Morgan fingerprint density at radius 2 is 2.00 bits per heavy atom. The highest BCUT2D eigenvalue weighted by atomic mass is 32.2.